The number of aromatic amines is 1. The second-order valence-corrected chi connectivity index (χ2v) is 6.78. The predicted octanol–water partition coefficient (Wildman–Crippen LogP) is 5.19. The number of aromatic nitrogens is 5. The van der Waals surface area contributed by atoms with Crippen LogP contribution in [0.5, 0.6) is 0 Å². The van der Waals surface area contributed by atoms with Crippen LogP contribution in [-0.2, 0) is 18.0 Å². The van der Waals surface area contributed by atoms with Crippen molar-refractivity contribution in [3.63, 3.8) is 0 Å². The van der Waals surface area contributed by atoms with Crippen LogP contribution in [0, 0.1) is 0 Å². The number of carboxylic acid groups (broad SMARTS) is 1. The van der Waals surface area contributed by atoms with E-state index in [-0.39, 0.29) is 0 Å². The Kier molecular flexibility index (Phi) is 6.75. The van der Waals surface area contributed by atoms with Crippen LogP contribution >= 0.6 is 0 Å². The molecule has 0 fully saturated rings. The molecular formula is C21H15F6N5O2. The minimum Gasteiger partial charge on any atom is -0.475 e. The largest absolute Gasteiger partial charge is 0.490 e. The van der Waals surface area contributed by atoms with E-state index in [1.165, 1.54) is 17.9 Å². The average molecular weight is 483 g/mol. The van der Waals surface area contributed by atoms with Gasteiger partial charge >= 0.3 is 18.3 Å². The number of carboxylic acids is 1. The third kappa shape index (κ3) is 5.79. The zero-order valence-electron chi connectivity index (χ0n) is 17.2. The number of pyridine rings is 1. The number of benzene rings is 1. The maximum atomic E-state index is 12.9. The molecule has 178 valence electrons. The second-order valence-electron chi connectivity index (χ2n) is 6.78. The highest BCUT2D eigenvalue weighted by atomic mass is 19.4. The van der Waals surface area contributed by atoms with Crippen LogP contribution < -0.4 is 0 Å². The predicted molar refractivity (Wildman–Crippen MR) is 108 cm³/mol. The molecule has 0 atom stereocenters. The molecule has 0 unspecified atom stereocenters. The van der Waals surface area contributed by atoms with Crippen LogP contribution in [0.2, 0.25) is 0 Å². The standard InChI is InChI=1S/C19H14F3N5.C2HF3O2/c1-27-16(10-17(26-27)19(20,21)22)13-7-8-23-14(9-13)18-24-11-15(25-18)12-5-3-2-4-6-12;3-2(4,5)1(6)7/h2-11H,1H3,(H,24,25);(H,6,7). The Balaban J connectivity index is 0.000000406. The van der Waals surface area contributed by atoms with E-state index < -0.39 is 24.0 Å². The van der Waals surface area contributed by atoms with Gasteiger partial charge in [-0.1, -0.05) is 30.3 Å². The molecular weight excluding hydrogens is 468 g/mol. The molecule has 4 aromatic rings. The fourth-order valence-corrected chi connectivity index (χ4v) is 2.81. The Labute approximate surface area is 187 Å². The number of hydrogen-bond acceptors (Lipinski definition) is 4. The number of aliphatic carboxylic acids is 1. The Hall–Kier alpha value is -4.16. The lowest BCUT2D eigenvalue weighted by Crippen LogP contribution is -2.21. The average Bonchev–Trinajstić information content (AvgIpc) is 3.41. The van der Waals surface area contributed by atoms with Crippen molar-refractivity contribution in [3.05, 3.63) is 66.6 Å². The number of carbonyl (C=O) groups is 1. The smallest absolute Gasteiger partial charge is 0.475 e. The molecule has 0 radical (unpaired) electrons. The summed E-state index contributed by atoms with van der Waals surface area (Å²) in [5, 5.41) is 10.7. The summed E-state index contributed by atoms with van der Waals surface area (Å²) in [5.74, 6) is -2.22. The highest BCUT2D eigenvalue weighted by molar-refractivity contribution is 5.73. The van der Waals surface area contributed by atoms with Crippen LogP contribution in [0.15, 0.2) is 60.9 Å². The highest BCUT2D eigenvalue weighted by Crippen LogP contribution is 2.32. The van der Waals surface area contributed by atoms with Gasteiger partial charge in [-0.3, -0.25) is 9.67 Å². The van der Waals surface area contributed by atoms with Crippen LogP contribution in [0.25, 0.3) is 34.0 Å². The summed E-state index contributed by atoms with van der Waals surface area (Å²) >= 11 is 0. The van der Waals surface area contributed by atoms with Gasteiger partial charge in [-0.2, -0.15) is 31.4 Å². The Morgan fingerprint density at radius 2 is 1.62 bits per heavy atom. The Bertz CT molecular complexity index is 1280. The van der Waals surface area contributed by atoms with Crippen molar-refractivity contribution in [2.45, 2.75) is 12.4 Å². The van der Waals surface area contributed by atoms with Gasteiger partial charge in [-0.05, 0) is 23.8 Å². The van der Waals surface area contributed by atoms with Crippen molar-refractivity contribution < 1.29 is 36.2 Å². The summed E-state index contributed by atoms with van der Waals surface area (Å²) in [6, 6.07) is 14.0. The van der Waals surface area contributed by atoms with Crippen molar-refractivity contribution in [2.75, 3.05) is 0 Å². The van der Waals surface area contributed by atoms with Crippen LogP contribution in [0.1, 0.15) is 5.69 Å². The quantitative estimate of drug-likeness (QED) is 0.391. The number of aryl methyl sites for hydroxylation is 1. The van der Waals surface area contributed by atoms with Crippen molar-refractivity contribution in [1.29, 1.82) is 0 Å². The Morgan fingerprint density at radius 3 is 2.18 bits per heavy atom. The van der Waals surface area contributed by atoms with E-state index in [9.17, 15) is 26.3 Å². The number of rotatable bonds is 3. The maximum Gasteiger partial charge on any atom is 0.490 e. The molecule has 0 aliphatic carbocycles. The van der Waals surface area contributed by atoms with Gasteiger partial charge in [0.05, 0.1) is 17.6 Å². The number of nitrogens with one attached hydrogen (secondary N) is 1. The van der Waals surface area contributed by atoms with Crippen molar-refractivity contribution in [2.24, 2.45) is 7.05 Å². The van der Waals surface area contributed by atoms with Gasteiger partial charge in [0.25, 0.3) is 0 Å². The molecule has 0 spiro atoms. The lowest BCUT2D eigenvalue weighted by molar-refractivity contribution is -0.192. The van der Waals surface area contributed by atoms with Gasteiger partial charge in [0.15, 0.2) is 11.5 Å². The Morgan fingerprint density at radius 1 is 0.971 bits per heavy atom. The lowest BCUT2D eigenvalue weighted by Gasteiger charge is -2.03. The van der Waals surface area contributed by atoms with Gasteiger partial charge < -0.3 is 10.1 Å². The molecule has 0 amide bonds. The van der Waals surface area contributed by atoms with E-state index in [1.807, 2.05) is 30.3 Å². The molecule has 0 aliphatic rings. The summed E-state index contributed by atoms with van der Waals surface area (Å²) < 4.78 is 71.6. The van der Waals surface area contributed by atoms with Gasteiger partial charge in [-0.15, -0.1) is 0 Å². The minimum absolute atomic E-state index is 0.348. The molecule has 4 rings (SSSR count). The molecule has 13 heteroatoms. The number of H-pyrrole nitrogens is 1. The number of hydrogen-bond donors (Lipinski definition) is 2. The number of halogens is 6. The molecule has 3 heterocycles. The minimum atomic E-state index is -5.08. The molecule has 0 saturated heterocycles. The molecule has 3 aromatic heterocycles. The molecule has 2 N–H and O–H groups in total. The molecule has 1 aromatic carbocycles. The maximum absolute atomic E-state index is 12.9. The highest BCUT2D eigenvalue weighted by Gasteiger charge is 2.38. The first-order chi connectivity index (χ1) is 15.9. The molecule has 7 nitrogen and oxygen atoms in total. The third-order valence-corrected chi connectivity index (χ3v) is 4.37. The van der Waals surface area contributed by atoms with Crippen LogP contribution in [-0.4, -0.2) is 42.0 Å². The lowest BCUT2D eigenvalue weighted by atomic mass is 10.1. The van der Waals surface area contributed by atoms with E-state index in [0.29, 0.717) is 22.8 Å². The number of alkyl halides is 6. The summed E-state index contributed by atoms with van der Waals surface area (Å²) in [6.45, 7) is 0. The fraction of sp³-hybridized carbons (Fsp3) is 0.143. The first-order valence-electron chi connectivity index (χ1n) is 9.35. The second kappa shape index (κ2) is 9.37. The van der Waals surface area contributed by atoms with E-state index in [4.69, 9.17) is 9.90 Å². The normalized spacial score (nSPS) is 11.6. The summed E-state index contributed by atoms with van der Waals surface area (Å²) in [7, 11) is 1.48. The van der Waals surface area contributed by atoms with E-state index in [2.05, 4.69) is 20.1 Å². The van der Waals surface area contributed by atoms with E-state index in [0.717, 1.165) is 17.3 Å². The van der Waals surface area contributed by atoms with Gasteiger partial charge in [0, 0.05) is 18.8 Å². The first kappa shape index (κ1) is 24.5. The topological polar surface area (TPSA) is 96.7 Å². The van der Waals surface area contributed by atoms with Crippen molar-refractivity contribution in [1.82, 2.24) is 24.7 Å². The summed E-state index contributed by atoms with van der Waals surface area (Å²) in [6.07, 6.45) is -6.34. The monoisotopic (exact) mass is 483 g/mol. The van der Waals surface area contributed by atoms with Crippen LogP contribution in [0.3, 0.4) is 0 Å². The molecule has 0 saturated carbocycles. The fourth-order valence-electron chi connectivity index (χ4n) is 2.81. The number of imidazole rings is 1. The van der Waals surface area contributed by atoms with Crippen molar-refractivity contribution >= 4 is 5.97 Å². The van der Waals surface area contributed by atoms with Gasteiger partial charge in [0.2, 0.25) is 0 Å². The van der Waals surface area contributed by atoms with Crippen LogP contribution in [0.4, 0.5) is 26.3 Å². The SMILES string of the molecule is Cn1nc(C(F)(F)F)cc1-c1ccnc(-c2ncc(-c3ccccc3)[nH]2)c1.O=C(O)C(F)(F)F. The van der Waals surface area contributed by atoms with E-state index in [1.54, 1.807) is 18.3 Å². The van der Waals surface area contributed by atoms with Crippen molar-refractivity contribution in [3.8, 4) is 34.0 Å². The molecule has 0 aliphatic heterocycles. The molecule has 0 bridgehead atoms. The summed E-state index contributed by atoms with van der Waals surface area (Å²) in [5.41, 5.74) is 2.34. The number of nitrogens with zero attached hydrogens (tertiary/aromatic N) is 4. The van der Waals surface area contributed by atoms with Gasteiger partial charge in [-0.25, -0.2) is 9.78 Å². The zero-order chi connectivity index (χ0) is 25.1. The first-order valence-corrected chi connectivity index (χ1v) is 9.35. The molecule has 34 heavy (non-hydrogen) atoms. The third-order valence-electron chi connectivity index (χ3n) is 4.37. The zero-order valence-corrected chi connectivity index (χ0v) is 17.2. The van der Waals surface area contributed by atoms with Gasteiger partial charge in [0.1, 0.15) is 5.69 Å². The summed E-state index contributed by atoms with van der Waals surface area (Å²) in [4.78, 5) is 20.7. The van der Waals surface area contributed by atoms with E-state index >= 15 is 0 Å².